The van der Waals surface area contributed by atoms with Gasteiger partial charge < -0.3 is 14.4 Å². The Morgan fingerprint density at radius 3 is 1.30 bits per heavy atom. The maximum absolute atomic E-state index is 12.5. The Labute approximate surface area is 307 Å². The largest absolute Gasteiger partial charge is 0.472 e. The Kier molecular flexibility index (Phi) is 36.2. The highest BCUT2D eigenvalue weighted by atomic mass is 31.2. The minimum absolute atomic E-state index is 0.230. The van der Waals surface area contributed by atoms with Gasteiger partial charge in [-0.2, -0.15) is 0 Å². The fourth-order valence-electron chi connectivity index (χ4n) is 5.71. The number of phosphoric acid groups is 1. The van der Waals surface area contributed by atoms with Crippen molar-refractivity contribution < 1.29 is 37.6 Å². The van der Waals surface area contributed by atoms with E-state index in [1.165, 1.54) is 96.3 Å². The van der Waals surface area contributed by atoms with Crippen LogP contribution in [0.1, 0.15) is 200 Å². The Balaban J connectivity index is 4.04. The second-order valence-corrected chi connectivity index (χ2v) is 15.3. The van der Waals surface area contributed by atoms with Crippen molar-refractivity contribution in [2.24, 2.45) is 0 Å². The molecule has 2 unspecified atom stereocenters. The molecule has 0 saturated heterocycles. The summed E-state index contributed by atoms with van der Waals surface area (Å²) in [6.45, 7) is 3.87. The molecule has 0 aromatic carbocycles. The molecule has 0 amide bonds. The first-order valence-electron chi connectivity index (χ1n) is 20.5. The fourth-order valence-corrected chi connectivity index (χ4v) is 6.17. The molecule has 0 aliphatic heterocycles. The molecule has 0 aromatic rings. The fraction of sp³-hybridized carbons (Fsp3) is 0.854. The van der Waals surface area contributed by atoms with Gasteiger partial charge in [0.25, 0.3) is 0 Å². The van der Waals surface area contributed by atoms with Gasteiger partial charge in [0.2, 0.25) is 0 Å². The zero-order chi connectivity index (χ0) is 36.8. The smallest absolute Gasteiger partial charge is 0.462 e. The lowest BCUT2D eigenvalue weighted by Crippen LogP contribution is -2.29. The summed E-state index contributed by atoms with van der Waals surface area (Å²) in [5, 5.41) is 0. The van der Waals surface area contributed by atoms with Crippen molar-refractivity contribution in [3.8, 4) is 0 Å². The average Bonchev–Trinajstić information content (AvgIpc) is 3.10. The summed E-state index contributed by atoms with van der Waals surface area (Å²) in [4.78, 5) is 34.4. The molecule has 9 heteroatoms. The van der Waals surface area contributed by atoms with E-state index >= 15 is 0 Å². The van der Waals surface area contributed by atoms with Crippen LogP contribution in [0.4, 0.5) is 0 Å². The van der Waals surface area contributed by atoms with Gasteiger partial charge in [-0.1, -0.05) is 147 Å². The monoisotopic (exact) mass is 729 g/mol. The van der Waals surface area contributed by atoms with E-state index in [0.717, 1.165) is 77.7 Å². The van der Waals surface area contributed by atoms with Crippen molar-refractivity contribution in [3.63, 3.8) is 0 Å². The molecule has 1 N–H and O–H groups in total. The van der Waals surface area contributed by atoms with Gasteiger partial charge in [0, 0.05) is 20.0 Å². The number of ether oxygens (including phenoxy) is 2. The van der Waals surface area contributed by atoms with Crippen LogP contribution in [0.5, 0.6) is 0 Å². The van der Waals surface area contributed by atoms with Crippen molar-refractivity contribution in [1.29, 1.82) is 0 Å². The van der Waals surface area contributed by atoms with Crippen LogP contribution in [0.15, 0.2) is 24.3 Å². The SMILES string of the molecule is CCCCCCCC/C=C\CCCCCCCC(=O)OCC(COP(=O)(O)OC)OC(=O)CCCCCCC/C=C\CCCCCCCCC. The molecule has 0 radical (unpaired) electrons. The number of unbranched alkanes of at least 4 members (excludes halogenated alkanes) is 23. The van der Waals surface area contributed by atoms with Gasteiger partial charge >= 0.3 is 19.8 Å². The van der Waals surface area contributed by atoms with Crippen LogP contribution in [-0.4, -0.2) is 43.3 Å². The summed E-state index contributed by atoms with van der Waals surface area (Å²) in [5.41, 5.74) is 0. The Morgan fingerprint density at radius 1 is 0.540 bits per heavy atom. The minimum Gasteiger partial charge on any atom is -0.462 e. The van der Waals surface area contributed by atoms with E-state index in [1.54, 1.807) is 0 Å². The molecule has 8 nitrogen and oxygen atoms in total. The summed E-state index contributed by atoms with van der Waals surface area (Å²) in [6.07, 6.45) is 40.8. The van der Waals surface area contributed by atoms with Gasteiger partial charge in [-0.15, -0.1) is 0 Å². The number of carbonyl (C=O) groups excluding carboxylic acids is 2. The van der Waals surface area contributed by atoms with Crippen LogP contribution in [-0.2, 0) is 32.7 Å². The third-order valence-electron chi connectivity index (χ3n) is 8.92. The van der Waals surface area contributed by atoms with Crippen molar-refractivity contribution in [3.05, 3.63) is 24.3 Å². The summed E-state index contributed by atoms with van der Waals surface area (Å²) >= 11 is 0. The molecule has 0 spiro atoms. The first-order valence-corrected chi connectivity index (χ1v) is 22.0. The zero-order valence-corrected chi connectivity index (χ0v) is 33.5. The van der Waals surface area contributed by atoms with Crippen LogP contribution in [0, 0.1) is 0 Å². The number of phosphoric ester groups is 1. The van der Waals surface area contributed by atoms with Gasteiger partial charge in [0.1, 0.15) is 6.61 Å². The maximum Gasteiger partial charge on any atom is 0.472 e. The minimum atomic E-state index is -4.26. The van der Waals surface area contributed by atoms with Crippen LogP contribution in [0.3, 0.4) is 0 Å². The first-order chi connectivity index (χ1) is 24.3. The summed E-state index contributed by atoms with van der Waals surface area (Å²) in [6, 6.07) is 0. The standard InChI is InChI=1S/C41H77O8P/c1-4-6-8-10-12-14-16-18-20-22-24-26-28-30-32-34-36-41(43)49-39(38-48-50(44,45)46-3)37-47-40(42)35-33-31-29-27-25-23-21-19-17-15-13-11-9-7-5-2/h19-22,39H,4-18,23-38H2,1-3H3,(H,44,45)/b21-19-,22-20-. The Morgan fingerprint density at radius 2 is 0.900 bits per heavy atom. The number of esters is 2. The van der Waals surface area contributed by atoms with E-state index in [0.29, 0.717) is 6.42 Å². The Hall–Kier alpha value is -1.47. The van der Waals surface area contributed by atoms with E-state index in [4.69, 9.17) is 14.0 Å². The molecule has 0 rings (SSSR count). The molecular formula is C41H77O8P. The highest BCUT2D eigenvalue weighted by Crippen LogP contribution is 2.42. The third kappa shape index (κ3) is 36.3. The van der Waals surface area contributed by atoms with E-state index in [1.807, 2.05) is 0 Å². The average molecular weight is 729 g/mol. The molecule has 2 atom stereocenters. The molecule has 0 aliphatic rings. The Bertz CT molecular complexity index is 875. The lowest BCUT2D eigenvalue weighted by Gasteiger charge is -2.19. The second kappa shape index (κ2) is 37.3. The van der Waals surface area contributed by atoms with Gasteiger partial charge in [-0.3, -0.25) is 18.6 Å². The highest BCUT2D eigenvalue weighted by molar-refractivity contribution is 7.47. The predicted molar refractivity (Wildman–Crippen MR) is 207 cm³/mol. The van der Waals surface area contributed by atoms with E-state index < -0.39 is 26.5 Å². The molecular weight excluding hydrogens is 651 g/mol. The third-order valence-corrected chi connectivity index (χ3v) is 9.85. The number of allylic oxidation sites excluding steroid dienone is 4. The van der Waals surface area contributed by atoms with Crippen LogP contribution >= 0.6 is 7.82 Å². The summed E-state index contributed by atoms with van der Waals surface area (Å²) in [7, 11) is -3.20. The van der Waals surface area contributed by atoms with Crippen molar-refractivity contribution >= 4 is 19.8 Å². The topological polar surface area (TPSA) is 108 Å². The molecule has 50 heavy (non-hydrogen) atoms. The number of carbonyl (C=O) groups is 2. The van der Waals surface area contributed by atoms with Gasteiger partial charge in [0.15, 0.2) is 6.10 Å². The molecule has 0 saturated carbocycles. The normalized spacial score (nSPS) is 13.6. The molecule has 0 bridgehead atoms. The van der Waals surface area contributed by atoms with E-state index in [2.05, 4.69) is 42.7 Å². The summed E-state index contributed by atoms with van der Waals surface area (Å²) in [5.74, 6) is -0.819. The van der Waals surface area contributed by atoms with Gasteiger partial charge in [-0.05, 0) is 64.2 Å². The lowest BCUT2D eigenvalue weighted by molar-refractivity contribution is -0.161. The van der Waals surface area contributed by atoms with Crippen molar-refractivity contribution in [2.45, 2.75) is 206 Å². The zero-order valence-electron chi connectivity index (χ0n) is 32.6. The maximum atomic E-state index is 12.5. The van der Waals surface area contributed by atoms with E-state index in [9.17, 15) is 19.0 Å². The second-order valence-electron chi connectivity index (χ2n) is 13.8. The highest BCUT2D eigenvalue weighted by Gasteiger charge is 2.24. The van der Waals surface area contributed by atoms with E-state index in [-0.39, 0.29) is 25.4 Å². The number of hydrogen-bond acceptors (Lipinski definition) is 7. The lowest BCUT2D eigenvalue weighted by atomic mass is 10.1. The molecule has 294 valence electrons. The summed E-state index contributed by atoms with van der Waals surface area (Å²) < 4.78 is 31.9. The number of hydrogen-bond donors (Lipinski definition) is 1. The number of rotatable bonds is 38. The predicted octanol–water partition coefficient (Wildman–Crippen LogP) is 12.7. The van der Waals surface area contributed by atoms with Crippen molar-refractivity contribution in [1.82, 2.24) is 0 Å². The molecule has 0 aromatic heterocycles. The van der Waals surface area contributed by atoms with Gasteiger partial charge in [0.05, 0.1) is 6.61 Å². The van der Waals surface area contributed by atoms with Crippen molar-refractivity contribution in [2.75, 3.05) is 20.3 Å². The molecule has 0 heterocycles. The molecule has 0 fully saturated rings. The van der Waals surface area contributed by atoms with Gasteiger partial charge in [-0.25, -0.2) is 4.57 Å². The first kappa shape index (κ1) is 48.5. The van der Waals surface area contributed by atoms with Crippen LogP contribution in [0.2, 0.25) is 0 Å². The molecule has 0 aliphatic carbocycles. The van der Waals surface area contributed by atoms with Crippen LogP contribution in [0.25, 0.3) is 0 Å². The quantitative estimate of drug-likeness (QED) is 0.0290. The van der Waals surface area contributed by atoms with Crippen LogP contribution < -0.4 is 0 Å².